The molecule has 2 fully saturated rings. The van der Waals surface area contributed by atoms with Crippen LogP contribution in [0.15, 0.2) is 0 Å². The standard InChI is InChI=1S/C7H14N2O.C2H6/c8-9-4-6-2-1-3-7(5-9)10-6;1-2/h6-7H,1-5,8H2;1-2H3. The molecule has 2 heterocycles. The van der Waals surface area contributed by atoms with Gasteiger partial charge in [-0.05, 0) is 19.3 Å². The number of hydrogen-bond acceptors (Lipinski definition) is 3. The van der Waals surface area contributed by atoms with Gasteiger partial charge in [0.2, 0.25) is 0 Å². The van der Waals surface area contributed by atoms with E-state index >= 15 is 0 Å². The van der Waals surface area contributed by atoms with Crippen LogP contribution in [0.1, 0.15) is 33.1 Å². The number of rotatable bonds is 0. The number of nitrogens with zero attached hydrogens (tertiary/aromatic N) is 1. The fraction of sp³-hybridized carbons (Fsp3) is 1.00. The van der Waals surface area contributed by atoms with Gasteiger partial charge in [0.05, 0.1) is 12.2 Å². The van der Waals surface area contributed by atoms with Crippen LogP contribution in [-0.4, -0.2) is 30.3 Å². The molecule has 12 heavy (non-hydrogen) atoms. The molecular formula is C9H20N2O. The highest BCUT2D eigenvalue weighted by Gasteiger charge is 2.29. The summed E-state index contributed by atoms with van der Waals surface area (Å²) in [6.45, 7) is 5.85. The van der Waals surface area contributed by atoms with Crippen LogP contribution in [0, 0.1) is 0 Å². The van der Waals surface area contributed by atoms with E-state index in [2.05, 4.69) is 0 Å². The Bertz CT molecular complexity index is 114. The Kier molecular flexibility index (Phi) is 3.98. The Morgan fingerprint density at radius 1 is 1.17 bits per heavy atom. The van der Waals surface area contributed by atoms with E-state index in [4.69, 9.17) is 10.6 Å². The first-order valence-electron chi connectivity index (χ1n) is 5.00. The van der Waals surface area contributed by atoms with Gasteiger partial charge < -0.3 is 4.74 Å². The van der Waals surface area contributed by atoms with Gasteiger partial charge >= 0.3 is 0 Å². The summed E-state index contributed by atoms with van der Waals surface area (Å²) < 4.78 is 5.67. The second-order valence-corrected chi connectivity index (χ2v) is 3.26. The second-order valence-electron chi connectivity index (χ2n) is 3.26. The minimum atomic E-state index is 0.428. The lowest BCUT2D eigenvalue weighted by molar-refractivity contribution is -0.114. The zero-order chi connectivity index (χ0) is 8.97. The Hall–Kier alpha value is -0.120. The SMILES string of the molecule is CC.NN1CC2CCCC(C1)O2. The highest BCUT2D eigenvalue weighted by atomic mass is 16.5. The molecule has 0 aromatic rings. The number of hydrazine groups is 1. The molecule has 0 aromatic carbocycles. The van der Waals surface area contributed by atoms with Gasteiger partial charge in [-0.25, -0.2) is 5.01 Å². The molecule has 2 N–H and O–H groups in total. The molecule has 3 nitrogen and oxygen atoms in total. The van der Waals surface area contributed by atoms with Crippen molar-refractivity contribution in [2.45, 2.75) is 45.3 Å². The molecule has 2 saturated heterocycles. The quantitative estimate of drug-likeness (QED) is 0.557. The third-order valence-electron chi connectivity index (χ3n) is 2.31. The Morgan fingerprint density at radius 2 is 1.67 bits per heavy atom. The van der Waals surface area contributed by atoms with Crippen LogP contribution >= 0.6 is 0 Å². The minimum Gasteiger partial charge on any atom is -0.372 e. The molecule has 0 amide bonds. The topological polar surface area (TPSA) is 38.5 Å². The molecule has 0 aliphatic carbocycles. The number of ether oxygens (including phenoxy) is 1. The van der Waals surface area contributed by atoms with Crippen LogP contribution in [0.25, 0.3) is 0 Å². The predicted octanol–water partition coefficient (Wildman–Crippen LogP) is 1.14. The number of hydrogen-bond donors (Lipinski definition) is 1. The zero-order valence-electron chi connectivity index (χ0n) is 8.12. The van der Waals surface area contributed by atoms with Gasteiger partial charge in [0, 0.05) is 13.1 Å². The normalized spacial score (nSPS) is 35.2. The zero-order valence-corrected chi connectivity index (χ0v) is 8.12. The molecule has 2 atom stereocenters. The maximum absolute atomic E-state index is 5.68. The molecule has 72 valence electrons. The first-order chi connectivity index (χ1) is 5.84. The maximum Gasteiger partial charge on any atom is 0.0720 e. The highest BCUT2D eigenvalue weighted by molar-refractivity contribution is 4.79. The Balaban J connectivity index is 0.000000336. The van der Waals surface area contributed by atoms with Gasteiger partial charge in [-0.15, -0.1) is 0 Å². The van der Waals surface area contributed by atoms with Crippen molar-refractivity contribution in [3.8, 4) is 0 Å². The number of nitrogens with two attached hydrogens (primary N) is 1. The molecule has 2 rings (SSSR count). The van der Waals surface area contributed by atoms with E-state index in [1.54, 1.807) is 0 Å². The lowest BCUT2D eigenvalue weighted by Gasteiger charge is -2.39. The van der Waals surface area contributed by atoms with E-state index in [0.717, 1.165) is 13.1 Å². The van der Waals surface area contributed by atoms with E-state index in [9.17, 15) is 0 Å². The predicted molar refractivity (Wildman–Crippen MR) is 49.6 cm³/mol. The Labute approximate surface area is 74.8 Å². The minimum absolute atomic E-state index is 0.428. The average molecular weight is 172 g/mol. The third kappa shape index (κ3) is 2.44. The van der Waals surface area contributed by atoms with Gasteiger partial charge in [0.15, 0.2) is 0 Å². The van der Waals surface area contributed by atoms with Gasteiger partial charge in [-0.1, -0.05) is 13.8 Å². The molecular weight excluding hydrogens is 152 g/mol. The summed E-state index contributed by atoms with van der Waals surface area (Å²) in [5.74, 6) is 5.68. The molecule has 2 bridgehead atoms. The largest absolute Gasteiger partial charge is 0.372 e. The van der Waals surface area contributed by atoms with Gasteiger partial charge in [0.1, 0.15) is 0 Å². The van der Waals surface area contributed by atoms with Crippen molar-refractivity contribution >= 4 is 0 Å². The summed E-state index contributed by atoms with van der Waals surface area (Å²) in [4.78, 5) is 0. The van der Waals surface area contributed by atoms with E-state index < -0.39 is 0 Å². The van der Waals surface area contributed by atoms with E-state index in [1.807, 2.05) is 18.9 Å². The summed E-state index contributed by atoms with van der Waals surface area (Å²) >= 11 is 0. The first-order valence-corrected chi connectivity index (χ1v) is 5.00. The van der Waals surface area contributed by atoms with Crippen molar-refractivity contribution in [3.63, 3.8) is 0 Å². The van der Waals surface area contributed by atoms with Crippen LogP contribution in [0.3, 0.4) is 0 Å². The highest BCUT2D eigenvalue weighted by Crippen LogP contribution is 2.23. The molecule has 0 spiro atoms. The van der Waals surface area contributed by atoms with Crippen molar-refractivity contribution in [1.82, 2.24) is 5.01 Å². The van der Waals surface area contributed by atoms with Crippen LogP contribution in [0.4, 0.5) is 0 Å². The summed E-state index contributed by atoms with van der Waals surface area (Å²) in [6, 6.07) is 0. The van der Waals surface area contributed by atoms with Gasteiger partial charge in [-0.2, -0.15) is 0 Å². The fourth-order valence-electron chi connectivity index (χ4n) is 1.85. The number of morpholine rings is 1. The van der Waals surface area contributed by atoms with Crippen molar-refractivity contribution in [2.24, 2.45) is 5.84 Å². The summed E-state index contributed by atoms with van der Waals surface area (Å²) in [7, 11) is 0. The van der Waals surface area contributed by atoms with Crippen molar-refractivity contribution < 1.29 is 4.74 Å². The van der Waals surface area contributed by atoms with Crippen LogP contribution in [0.5, 0.6) is 0 Å². The van der Waals surface area contributed by atoms with Crippen LogP contribution in [0.2, 0.25) is 0 Å². The number of fused-ring (bicyclic) bond motifs is 2. The molecule has 0 aromatic heterocycles. The van der Waals surface area contributed by atoms with Gasteiger partial charge in [-0.3, -0.25) is 5.84 Å². The monoisotopic (exact) mass is 172 g/mol. The third-order valence-corrected chi connectivity index (χ3v) is 2.31. The molecule has 0 radical (unpaired) electrons. The summed E-state index contributed by atoms with van der Waals surface area (Å²) in [5, 5.41) is 1.89. The first kappa shape index (κ1) is 9.96. The fourth-order valence-corrected chi connectivity index (χ4v) is 1.85. The second kappa shape index (κ2) is 4.80. The molecule has 2 aliphatic rings. The van der Waals surface area contributed by atoms with E-state index in [1.165, 1.54) is 19.3 Å². The lowest BCUT2D eigenvalue weighted by Crippen LogP contribution is -2.52. The molecule has 2 aliphatic heterocycles. The van der Waals surface area contributed by atoms with Crippen LogP contribution in [-0.2, 0) is 4.74 Å². The summed E-state index contributed by atoms with van der Waals surface area (Å²) in [5.41, 5.74) is 0. The van der Waals surface area contributed by atoms with Crippen molar-refractivity contribution in [1.29, 1.82) is 0 Å². The maximum atomic E-state index is 5.68. The van der Waals surface area contributed by atoms with Crippen molar-refractivity contribution in [2.75, 3.05) is 13.1 Å². The Morgan fingerprint density at radius 3 is 2.17 bits per heavy atom. The van der Waals surface area contributed by atoms with E-state index in [0.29, 0.717) is 12.2 Å². The summed E-state index contributed by atoms with van der Waals surface area (Å²) in [6.07, 6.45) is 4.58. The molecule has 2 unspecified atom stereocenters. The van der Waals surface area contributed by atoms with Gasteiger partial charge in [0.25, 0.3) is 0 Å². The smallest absolute Gasteiger partial charge is 0.0720 e. The molecule has 0 saturated carbocycles. The van der Waals surface area contributed by atoms with Crippen molar-refractivity contribution in [3.05, 3.63) is 0 Å². The van der Waals surface area contributed by atoms with Crippen LogP contribution < -0.4 is 5.84 Å². The lowest BCUT2D eigenvalue weighted by atomic mass is 10.0. The molecule has 3 heteroatoms. The average Bonchev–Trinajstić information content (AvgIpc) is 2.07. The van der Waals surface area contributed by atoms with E-state index in [-0.39, 0.29) is 0 Å².